The Hall–Kier alpha value is -2.29. The molecule has 1 heterocycles. The summed E-state index contributed by atoms with van der Waals surface area (Å²) in [4.78, 5) is 23.7. The number of furan rings is 1. The molecule has 1 aliphatic carbocycles. The van der Waals surface area contributed by atoms with E-state index in [0.717, 1.165) is 12.8 Å². The number of ether oxygens (including phenoxy) is 1. The van der Waals surface area contributed by atoms with Crippen LogP contribution in [0.3, 0.4) is 0 Å². The smallest absolute Gasteiger partial charge is 0.342 e. The molecule has 0 bridgehead atoms. The van der Waals surface area contributed by atoms with Gasteiger partial charge >= 0.3 is 5.97 Å². The standard InChI is InChI=1S/C15H18N2O4/c1-9-6-12(10(2)21-9)14(19)20-7-13(18)17-15(3,8-16)11-4-5-11/h6,11H,4-5,7H2,1-3H3,(H,17,18)/t15-/m1/s1. The third-order valence-electron chi connectivity index (χ3n) is 3.62. The number of hydrogen-bond donors (Lipinski definition) is 1. The van der Waals surface area contributed by atoms with E-state index < -0.39 is 24.0 Å². The van der Waals surface area contributed by atoms with Crippen molar-refractivity contribution < 1.29 is 18.7 Å². The van der Waals surface area contributed by atoms with E-state index in [9.17, 15) is 9.59 Å². The lowest BCUT2D eigenvalue weighted by molar-refractivity contribution is -0.125. The highest BCUT2D eigenvalue weighted by Crippen LogP contribution is 2.39. The lowest BCUT2D eigenvalue weighted by Crippen LogP contribution is -2.48. The number of carbonyl (C=O) groups excluding carboxylic acids is 2. The molecule has 2 rings (SSSR count). The van der Waals surface area contributed by atoms with Gasteiger partial charge < -0.3 is 14.5 Å². The Bertz CT molecular complexity index is 610. The highest BCUT2D eigenvalue weighted by atomic mass is 16.5. The molecule has 1 saturated carbocycles. The zero-order valence-corrected chi connectivity index (χ0v) is 12.4. The van der Waals surface area contributed by atoms with E-state index in [-0.39, 0.29) is 5.92 Å². The number of nitriles is 1. The summed E-state index contributed by atoms with van der Waals surface area (Å²) in [5.74, 6) is 0.162. The van der Waals surface area contributed by atoms with E-state index in [0.29, 0.717) is 17.1 Å². The topological polar surface area (TPSA) is 92.3 Å². The van der Waals surface area contributed by atoms with Gasteiger partial charge in [-0.1, -0.05) is 0 Å². The van der Waals surface area contributed by atoms with E-state index in [2.05, 4.69) is 11.4 Å². The van der Waals surface area contributed by atoms with Crippen LogP contribution in [0.4, 0.5) is 0 Å². The lowest BCUT2D eigenvalue weighted by Gasteiger charge is -2.22. The summed E-state index contributed by atoms with van der Waals surface area (Å²) >= 11 is 0. The Kier molecular flexibility index (Phi) is 4.03. The lowest BCUT2D eigenvalue weighted by atomic mass is 9.98. The molecule has 1 fully saturated rings. The molecule has 0 radical (unpaired) electrons. The van der Waals surface area contributed by atoms with Crippen molar-refractivity contribution in [2.45, 2.75) is 39.2 Å². The summed E-state index contributed by atoms with van der Waals surface area (Å²) in [5, 5.41) is 11.8. The van der Waals surface area contributed by atoms with E-state index >= 15 is 0 Å². The van der Waals surface area contributed by atoms with Crippen molar-refractivity contribution in [3.63, 3.8) is 0 Å². The third kappa shape index (κ3) is 3.43. The van der Waals surface area contributed by atoms with Crippen molar-refractivity contribution >= 4 is 11.9 Å². The van der Waals surface area contributed by atoms with Crippen LogP contribution < -0.4 is 5.32 Å². The molecule has 112 valence electrons. The average Bonchev–Trinajstić information content (AvgIpc) is 3.22. The van der Waals surface area contributed by atoms with Crippen molar-refractivity contribution in [1.29, 1.82) is 5.26 Å². The summed E-state index contributed by atoms with van der Waals surface area (Å²) in [7, 11) is 0. The van der Waals surface area contributed by atoms with Crippen molar-refractivity contribution in [3.05, 3.63) is 23.2 Å². The maximum atomic E-state index is 11.8. The van der Waals surface area contributed by atoms with Crippen LogP contribution in [0.5, 0.6) is 0 Å². The maximum absolute atomic E-state index is 11.8. The minimum atomic E-state index is -0.883. The summed E-state index contributed by atoms with van der Waals surface area (Å²) in [6, 6.07) is 3.68. The molecule has 1 aromatic heterocycles. The zero-order valence-electron chi connectivity index (χ0n) is 12.4. The molecule has 6 heteroatoms. The molecule has 0 aromatic carbocycles. The molecule has 0 unspecified atom stereocenters. The molecular formula is C15H18N2O4. The van der Waals surface area contributed by atoms with Gasteiger partial charge in [-0.2, -0.15) is 5.26 Å². The zero-order chi connectivity index (χ0) is 15.6. The van der Waals surface area contributed by atoms with Crippen LogP contribution in [0.2, 0.25) is 0 Å². The molecule has 6 nitrogen and oxygen atoms in total. The summed E-state index contributed by atoms with van der Waals surface area (Å²) in [6.45, 7) is 4.66. The normalized spacial score (nSPS) is 16.7. The highest BCUT2D eigenvalue weighted by Gasteiger charge is 2.43. The van der Waals surface area contributed by atoms with E-state index in [4.69, 9.17) is 14.4 Å². The first-order valence-electron chi connectivity index (χ1n) is 6.82. The molecule has 0 saturated heterocycles. The van der Waals surface area contributed by atoms with Crippen molar-refractivity contribution in [2.75, 3.05) is 6.61 Å². The molecule has 0 aliphatic heterocycles. The van der Waals surface area contributed by atoms with E-state index in [1.165, 1.54) is 0 Å². The molecule has 0 spiro atoms. The second kappa shape index (κ2) is 5.60. The number of amides is 1. The van der Waals surface area contributed by atoms with Gasteiger partial charge in [-0.3, -0.25) is 4.79 Å². The number of nitrogens with zero attached hydrogens (tertiary/aromatic N) is 1. The van der Waals surface area contributed by atoms with Crippen LogP contribution in [-0.4, -0.2) is 24.0 Å². The molecule has 1 atom stereocenters. The van der Waals surface area contributed by atoms with Gasteiger partial charge in [0.15, 0.2) is 6.61 Å². The van der Waals surface area contributed by atoms with Gasteiger partial charge in [0, 0.05) is 0 Å². The second-order valence-electron chi connectivity index (χ2n) is 5.54. The average molecular weight is 290 g/mol. The predicted octanol–water partition coefficient (Wildman–Crippen LogP) is 1.86. The van der Waals surface area contributed by atoms with E-state index in [1.54, 1.807) is 26.8 Å². The minimum absolute atomic E-state index is 0.181. The molecule has 1 aromatic rings. The van der Waals surface area contributed by atoms with Gasteiger partial charge in [-0.05, 0) is 45.6 Å². The van der Waals surface area contributed by atoms with Gasteiger partial charge in [0.1, 0.15) is 22.6 Å². The van der Waals surface area contributed by atoms with Gasteiger partial charge in [-0.25, -0.2) is 4.79 Å². The van der Waals surface area contributed by atoms with Gasteiger partial charge in [0.25, 0.3) is 5.91 Å². The first-order chi connectivity index (χ1) is 9.85. The first-order valence-corrected chi connectivity index (χ1v) is 6.82. The van der Waals surface area contributed by atoms with Crippen molar-refractivity contribution in [2.24, 2.45) is 5.92 Å². The quantitative estimate of drug-likeness (QED) is 0.835. The van der Waals surface area contributed by atoms with Gasteiger partial charge in [0.05, 0.1) is 6.07 Å². The van der Waals surface area contributed by atoms with Gasteiger partial charge in [-0.15, -0.1) is 0 Å². The molecule has 1 amide bonds. The number of carbonyl (C=O) groups is 2. The van der Waals surface area contributed by atoms with Crippen molar-refractivity contribution in [1.82, 2.24) is 5.32 Å². The number of esters is 1. The summed E-state index contributed by atoms with van der Waals surface area (Å²) < 4.78 is 10.2. The van der Waals surface area contributed by atoms with Crippen LogP contribution in [0.25, 0.3) is 0 Å². The highest BCUT2D eigenvalue weighted by molar-refractivity contribution is 5.92. The number of aryl methyl sites for hydroxylation is 2. The molecule has 21 heavy (non-hydrogen) atoms. The summed E-state index contributed by atoms with van der Waals surface area (Å²) in [6.07, 6.45) is 1.86. The monoisotopic (exact) mass is 290 g/mol. The largest absolute Gasteiger partial charge is 0.466 e. The number of nitrogens with one attached hydrogen (secondary N) is 1. The maximum Gasteiger partial charge on any atom is 0.342 e. The Balaban J connectivity index is 1.88. The predicted molar refractivity (Wildman–Crippen MR) is 73.3 cm³/mol. The van der Waals surface area contributed by atoms with Crippen LogP contribution in [0, 0.1) is 31.1 Å². The first kappa shape index (κ1) is 15.1. The van der Waals surface area contributed by atoms with Crippen LogP contribution in [0.15, 0.2) is 10.5 Å². The Labute approximate surface area is 123 Å². The van der Waals surface area contributed by atoms with Crippen LogP contribution >= 0.6 is 0 Å². The fourth-order valence-corrected chi connectivity index (χ4v) is 2.25. The SMILES string of the molecule is Cc1cc(C(=O)OCC(=O)N[C@](C)(C#N)C2CC2)c(C)o1. The Morgan fingerprint density at radius 3 is 2.67 bits per heavy atom. The molecule has 1 N–H and O–H groups in total. The number of hydrogen-bond acceptors (Lipinski definition) is 5. The molecule has 1 aliphatic rings. The van der Waals surface area contributed by atoms with Crippen LogP contribution in [-0.2, 0) is 9.53 Å². The van der Waals surface area contributed by atoms with Crippen LogP contribution in [0.1, 0.15) is 41.6 Å². The Morgan fingerprint density at radius 2 is 2.19 bits per heavy atom. The Morgan fingerprint density at radius 1 is 1.52 bits per heavy atom. The minimum Gasteiger partial charge on any atom is -0.466 e. The summed E-state index contributed by atoms with van der Waals surface area (Å²) in [5.41, 5.74) is -0.573. The van der Waals surface area contributed by atoms with E-state index in [1.807, 2.05) is 0 Å². The van der Waals surface area contributed by atoms with Crippen molar-refractivity contribution in [3.8, 4) is 6.07 Å². The number of rotatable bonds is 5. The third-order valence-corrected chi connectivity index (χ3v) is 3.62. The van der Waals surface area contributed by atoms with Gasteiger partial charge in [0.2, 0.25) is 0 Å². The fourth-order valence-electron chi connectivity index (χ4n) is 2.25. The molecular weight excluding hydrogens is 272 g/mol. The second-order valence-corrected chi connectivity index (χ2v) is 5.54. The fraction of sp³-hybridized carbons (Fsp3) is 0.533.